The zero-order valence-electron chi connectivity index (χ0n) is 7.21. The number of nitrogens with two attached hydrogens (primary N) is 1. The molecule has 3 nitrogen and oxygen atoms in total. The number of carboxylic acid groups (broad SMARTS) is 1. The Morgan fingerprint density at radius 2 is 2.09 bits per heavy atom. The summed E-state index contributed by atoms with van der Waals surface area (Å²) in [5.41, 5.74) is 5.32. The fourth-order valence-corrected chi connectivity index (χ4v) is 0.792. The smallest absolute Gasteiger partial charge is 0.320 e. The van der Waals surface area contributed by atoms with E-state index in [2.05, 4.69) is 13.8 Å². The van der Waals surface area contributed by atoms with Crippen LogP contribution in [0.15, 0.2) is 0 Å². The van der Waals surface area contributed by atoms with Gasteiger partial charge in [0.1, 0.15) is 6.04 Å². The molecule has 0 aliphatic carbocycles. The highest BCUT2D eigenvalue weighted by Gasteiger charge is 2.11. The summed E-state index contributed by atoms with van der Waals surface area (Å²) in [6.45, 7) is 4.20. The molecule has 0 amide bonds. The average molecular weight is 159 g/mol. The van der Waals surface area contributed by atoms with Crippen LogP contribution in [-0.2, 0) is 4.79 Å². The second-order valence-electron chi connectivity index (χ2n) is 3.04. The molecular weight excluding hydrogens is 142 g/mol. The Labute approximate surface area is 67.6 Å². The highest BCUT2D eigenvalue weighted by molar-refractivity contribution is 5.72. The second kappa shape index (κ2) is 5.13. The van der Waals surface area contributed by atoms with E-state index in [1.54, 1.807) is 0 Å². The molecular formula is C8H17NO2. The molecule has 0 spiro atoms. The van der Waals surface area contributed by atoms with Gasteiger partial charge in [0.05, 0.1) is 0 Å². The lowest BCUT2D eigenvalue weighted by atomic mass is 10.00. The minimum atomic E-state index is -0.895. The number of carboxylic acids is 1. The van der Waals surface area contributed by atoms with Crippen molar-refractivity contribution < 1.29 is 9.90 Å². The predicted molar refractivity (Wildman–Crippen MR) is 44.3 cm³/mol. The molecule has 0 saturated carbocycles. The molecule has 0 aliphatic heterocycles. The van der Waals surface area contributed by atoms with Crippen LogP contribution < -0.4 is 5.73 Å². The Morgan fingerprint density at radius 3 is 2.45 bits per heavy atom. The summed E-state index contributed by atoms with van der Waals surface area (Å²) in [5.74, 6) is -0.311. The van der Waals surface area contributed by atoms with Gasteiger partial charge in [-0.25, -0.2) is 0 Å². The van der Waals surface area contributed by atoms with Crippen LogP contribution in [0.1, 0.15) is 33.1 Å². The molecule has 0 aromatic rings. The molecule has 0 aromatic carbocycles. The van der Waals surface area contributed by atoms with E-state index in [4.69, 9.17) is 10.8 Å². The maximum Gasteiger partial charge on any atom is 0.320 e. The Bertz CT molecular complexity index is 125. The first-order valence-corrected chi connectivity index (χ1v) is 4.06. The summed E-state index contributed by atoms with van der Waals surface area (Å²) >= 11 is 0. The van der Waals surface area contributed by atoms with Crippen molar-refractivity contribution in [2.75, 3.05) is 0 Å². The van der Waals surface area contributed by atoms with Crippen LogP contribution in [0.4, 0.5) is 0 Å². The Morgan fingerprint density at radius 1 is 1.55 bits per heavy atom. The van der Waals surface area contributed by atoms with E-state index in [-0.39, 0.29) is 0 Å². The summed E-state index contributed by atoms with van der Waals surface area (Å²) in [5, 5.41) is 8.44. The summed E-state index contributed by atoms with van der Waals surface area (Å²) in [4.78, 5) is 10.3. The number of rotatable bonds is 5. The molecule has 0 heterocycles. The first-order chi connectivity index (χ1) is 5.07. The second-order valence-corrected chi connectivity index (χ2v) is 3.04. The average Bonchev–Trinajstić information content (AvgIpc) is 1.99. The fourth-order valence-electron chi connectivity index (χ4n) is 0.792. The first-order valence-electron chi connectivity index (χ1n) is 4.06. The van der Waals surface area contributed by atoms with Crippen LogP contribution in [-0.4, -0.2) is 17.1 Å². The maximum absolute atomic E-state index is 10.3. The third kappa shape index (κ3) is 4.79. The molecule has 0 aliphatic rings. The van der Waals surface area contributed by atoms with Gasteiger partial charge in [0.2, 0.25) is 0 Å². The first kappa shape index (κ1) is 10.4. The third-order valence-electron chi connectivity index (χ3n) is 1.98. The van der Waals surface area contributed by atoms with Gasteiger partial charge in [-0.3, -0.25) is 4.79 Å². The van der Waals surface area contributed by atoms with Gasteiger partial charge >= 0.3 is 5.97 Å². The minimum absolute atomic E-state index is 0.584. The van der Waals surface area contributed by atoms with Crippen molar-refractivity contribution in [2.24, 2.45) is 11.7 Å². The highest BCUT2D eigenvalue weighted by Crippen LogP contribution is 2.10. The van der Waals surface area contributed by atoms with Crippen molar-refractivity contribution in [3.63, 3.8) is 0 Å². The number of carbonyl (C=O) groups is 1. The normalized spacial score (nSPS) is 15.9. The molecule has 0 radical (unpaired) electrons. The van der Waals surface area contributed by atoms with E-state index in [0.717, 1.165) is 12.8 Å². The van der Waals surface area contributed by atoms with E-state index in [9.17, 15) is 4.79 Å². The maximum atomic E-state index is 10.3. The van der Waals surface area contributed by atoms with Crippen LogP contribution in [0, 0.1) is 5.92 Å². The molecule has 1 unspecified atom stereocenters. The van der Waals surface area contributed by atoms with Crippen LogP contribution in [0.25, 0.3) is 0 Å². The molecule has 3 heteroatoms. The molecule has 66 valence electrons. The summed E-state index contributed by atoms with van der Waals surface area (Å²) in [6, 6.07) is -0.677. The predicted octanol–water partition coefficient (Wildman–Crippen LogP) is 1.22. The monoisotopic (exact) mass is 159 g/mol. The highest BCUT2D eigenvalue weighted by atomic mass is 16.4. The van der Waals surface area contributed by atoms with Crippen molar-refractivity contribution in [3.05, 3.63) is 0 Å². The van der Waals surface area contributed by atoms with Gasteiger partial charge in [-0.15, -0.1) is 0 Å². The SMILES string of the molecule is CC[C@@H](C)CCC(N)C(=O)O. The number of aliphatic carboxylic acids is 1. The van der Waals surface area contributed by atoms with Crippen LogP contribution in [0.2, 0.25) is 0 Å². The van der Waals surface area contributed by atoms with Gasteiger partial charge < -0.3 is 10.8 Å². The van der Waals surface area contributed by atoms with E-state index in [1.807, 2.05) is 0 Å². The Hall–Kier alpha value is -0.570. The van der Waals surface area contributed by atoms with Crippen molar-refractivity contribution in [1.29, 1.82) is 0 Å². The molecule has 0 bridgehead atoms. The third-order valence-corrected chi connectivity index (χ3v) is 1.98. The van der Waals surface area contributed by atoms with E-state index < -0.39 is 12.0 Å². The standard InChI is InChI=1S/C8H17NO2/c1-3-6(2)4-5-7(9)8(10)11/h6-7H,3-5,9H2,1-2H3,(H,10,11)/t6-,7?/m1/s1. The van der Waals surface area contributed by atoms with Crippen molar-refractivity contribution in [1.82, 2.24) is 0 Å². The minimum Gasteiger partial charge on any atom is -0.480 e. The molecule has 0 saturated heterocycles. The lowest BCUT2D eigenvalue weighted by Gasteiger charge is -2.09. The molecule has 0 aromatic heterocycles. The van der Waals surface area contributed by atoms with Gasteiger partial charge in [-0.05, 0) is 18.8 Å². The van der Waals surface area contributed by atoms with Gasteiger partial charge in [0, 0.05) is 0 Å². The van der Waals surface area contributed by atoms with Crippen molar-refractivity contribution >= 4 is 5.97 Å². The zero-order chi connectivity index (χ0) is 8.85. The topological polar surface area (TPSA) is 63.3 Å². The van der Waals surface area contributed by atoms with E-state index in [1.165, 1.54) is 0 Å². The molecule has 0 fully saturated rings. The van der Waals surface area contributed by atoms with Crippen LogP contribution >= 0.6 is 0 Å². The van der Waals surface area contributed by atoms with Gasteiger partial charge in [0.15, 0.2) is 0 Å². The largest absolute Gasteiger partial charge is 0.480 e. The summed E-state index contributed by atoms with van der Waals surface area (Å²) in [7, 11) is 0. The number of hydrogen-bond acceptors (Lipinski definition) is 2. The lowest BCUT2D eigenvalue weighted by Crippen LogP contribution is -2.30. The zero-order valence-corrected chi connectivity index (χ0v) is 7.21. The van der Waals surface area contributed by atoms with Crippen molar-refractivity contribution in [3.8, 4) is 0 Å². The molecule has 0 rings (SSSR count). The van der Waals surface area contributed by atoms with Crippen molar-refractivity contribution in [2.45, 2.75) is 39.2 Å². The van der Waals surface area contributed by atoms with Gasteiger partial charge in [-0.2, -0.15) is 0 Å². The molecule has 3 N–H and O–H groups in total. The molecule has 2 atom stereocenters. The fraction of sp³-hybridized carbons (Fsp3) is 0.875. The molecule has 11 heavy (non-hydrogen) atoms. The Kier molecular flexibility index (Phi) is 4.86. The van der Waals surface area contributed by atoms with E-state index >= 15 is 0 Å². The van der Waals surface area contributed by atoms with E-state index in [0.29, 0.717) is 12.3 Å². The van der Waals surface area contributed by atoms with Gasteiger partial charge in [-0.1, -0.05) is 20.3 Å². The summed E-state index contributed by atoms with van der Waals surface area (Å²) < 4.78 is 0. The number of hydrogen-bond donors (Lipinski definition) is 2. The van der Waals surface area contributed by atoms with Gasteiger partial charge in [0.25, 0.3) is 0 Å². The summed E-state index contributed by atoms with van der Waals surface area (Å²) in [6.07, 6.45) is 2.58. The Balaban J connectivity index is 3.45. The van der Waals surface area contributed by atoms with Crippen LogP contribution in [0.5, 0.6) is 0 Å². The lowest BCUT2D eigenvalue weighted by molar-refractivity contribution is -0.138. The quantitative estimate of drug-likeness (QED) is 0.634. The van der Waals surface area contributed by atoms with Crippen LogP contribution in [0.3, 0.4) is 0 Å².